The molecule has 0 aliphatic heterocycles. The highest BCUT2D eigenvalue weighted by Crippen LogP contribution is 2.36. The molecule has 0 heterocycles. The minimum Gasteiger partial charge on any atom is -0.481 e. The fourth-order valence-corrected chi connectivity index (χ4v) is 3.41. The summed E-state index contributed by atoms with van der Waals surface area (Å²) in [5.41, 5.74) is 3.75. The van der Waals surface area contributed by atoms with E-state index in [1.165, 1.54) is 11.1 Å². The van der Waals surface area contributed by atoms with Crippen molar-refractivity contribution in [2.45, 2.75) is 66.7 Å². The van der Waals surface area contributed by atoms with E-state index in [9.17, 15) is 9.90 Å². The molecule has 124 valence electrons. The second kappa shape index (κ2) is 8.97. The van der Waals surface area contributed by atoms with E-state index in [0.29, 0.717) is 5.92 Å². The average Bonchev–Trinajstić information content (AvgIpc) is 2.48. The van der Waals surface area contributed by atoms with E-state index in [2.05, 4.69) is 45.9 Å². The predicted molar refractivity (Wildman–Crippen MR) is 93.8 cm³/mol. The molecule has 0 aromatic heterocycles. The van der Waals surface area contributed by atoms with E-state index >= 15 is 0 Å². The van der Waals surface area contributed by atoms with Crippen molar-refractivity contribution in [1.29, 1.82) is 0 Å². The molecule has 0 aromatic rings. The number of hydrogen-bond donors (Lipinski definition) is 1. The van der Waals surface area contributed by atoms with Gasteiger partial charge in [0.1, 0.15) is 0 Å². The normalized spacial score (nSPS) is 29.0. The molecule has 1 aliphatic carbocycles. The van der Waals surface area contributed by atoms with Crippen LogP contribution in [-0.4, -0.2) is 11.1 Å². The van der Waals surface area contributed by atoms with Crippen LogP contribution in [0.4, 0.5) is 0 Å². The van der Waals surface area contributed by atoms with Crippen LogP contribution in [0.5, 0.6) is 0 Å². The number of rotatable bonds is 5. The summed E-state index contributed by atoms with van der Waals surface area (Å²) < 4.78 is 0. The number of carboxylic acids is 1. The van der Waals surface area contributed by atoms with Gasteiger partial charge in [-0.25, -0.2) is 0 Å². The highest BCUT2D eigenvalue weighted by molar-refractivity contribution is 5.74. The number of carbonyl (C=O) groups is 1. The van der Waals surface area contributed by atoms with Crippen molar-refractivity contribution >= 4 is 5.97 Å². The fourth-order valence-electron chi connectivity index (χ4n) is 3.41. The SMILES string of the molecule is CC(C)=CCC[C@@H](C)[C@H]1CC/C(C)=C/C/C=C(/C)[C@@H]1C(=O)O. The van der Waals surface area contributed by atoms with Gasteiger partial charge >= 0.3 is 5.97 Å². The molecule has 22 heavy (non-hydrogen) atoms. The summed E-state index contributed by atoms with van der Waals surface area (Å²) >= 11 is 0. The van der Waals surface area contributed by atoms with Crippen molar-refractivity contribution in [2.75, 3.05) is 0 Å². The smallest absolute Gasteiger partial charge is 0.310 e. The molecule has 2 nitrogen and oxygen atoms in total. The summed E-state index contributed by atoms with van der Waals surface area (Å²) in [4.78, 5) is 11.9. The lowest BCUT2D eigenvalue weighted by atomic mass is 9.74. The number of allylic oxidation sites excluding steroid dienone is 5. The summed E-state index contributed by atoms with van der Waals surface area (Å²) in [7, 11) is 0. The van der Waals surface area contributed by atoms with Crippen molar-refractivity contribution in [3.8, 4) is 0 Å². The first kappa shape index (κ1) is 18.7. The van der Waals surface area contributed by atoms with Gasteiger partial charge in [-0.15, -0.1) is 0 Å². The first-order chi connectivity index (χ1) is 10.3. The second-order valence-electron chi connectivity index (χ2n) is 7.09. The summed E-state index contributed by atoms with van der Waals surface area (Å²) in [5.74, 6) is -0.347. The fraction of sp³-hybridized carbons (Fsp3) is 0.650. The topological polar surface area (TPSA) is 37.3 Å². The first-order valence-electron chi connectivity index (χ1n) is 8.51. The average molecular weight is 304 g/mol. The molecule has 0 aromatic carbocycles. The van der Waals surface area contributed by atoms with Crippen LogP contribution in [0, 0.1) is 17.8 Å². The summed E-state index contributed by atoms with van der Waals surface area (Å²) in [6.45, 7) is 10.6. The Hall–Kier alpha value is -1.31. The van der Waals surface area contributed by atoms with Crippen molar-refractivity contribution < 1.29 is 9.90 Å². The van der Waals surface area contributed by atoms with Crippen LogP contribution >= 0.6 is 0 Å². The number of aliphatic carboxylic acids is 1. The Balaban J connectivity index is 2.94. The largest absolute Gasteiger partial charge is 0.481 e. The molecule has 0 bridgehead atoms. The van der Waals surface area contributed by atoms with E-state index < -0.39 is 5.97 Å². The third-order valence-corrected chi connectivity index (χ3v) is 4.87. The molecular formula is C20H32O2. The van der Waals surface area contributed by atoms with Gasteiger partial charge < -0.3 is 5.11 Å². The van der Waals surface area contributed by atoms with Gasteiger partial charge in [0, 0.05) is 0 Å². The summed E-state index contributed by atoms with van der Waals surface area (Å²) in [6.07, 6.45) is 11.6. The molecular weight excluding hydrogens is 272 g/mol. The standard InChI is InChI=1S/C20H32O2/c1-14(2)8-6-10-16(4)18-13-12-15(3)9-7-11-17(5)19(18)20(21)22/h8-9,11,16,18-19H,6-7,10,12-13H2,1-5H3,(H,21,22)/b15-9+,17-11-/t16-,18-,19+/m1/s1. The zero-order chi connectivity index (χ0) is 16.7. The third kappa shape index (κ3) is 5.82. The Morgan fingerprint density at radius 3 is 2.64 bits per heavy atom. The lowest BCUT2D eigenvalue weighted by Crippen LogP contribution is -2.29. The van der Waals surface area contributed by atoms with Crippen LogP contribution in [0.3, 0.4) is 0 Å². The van der Waals surface area contributed by atoms with Gasteiger partial charge in [-0.3, -0.25) is 4.79 Å². The van der Waals surface area contributed by atoms with E-state index in [0.717, 1.165) is 37.7 Å². The highest BCUT2D eigenvalue weighted by Gasteiger charge is 2.33. The van der Waals surface area contributed by atoms with Gasteiger partial charge in [-0.1, -0.05) is 41.9 Å². The Morgan fingerprint density at radius 1 is 1.36 bits per heavy atom. The van der Waals surface area contributed by atoms with E-state index in [1.807, 2.05) is 6.92 Å². The molecule has 0 amide bonds. The summed E-state index contributed by atoms with van der Waals surface area (Å²) in [6, 6.07) is 0. The molecule has 1 aliphatic rings. The Bertz CT molecular complexity index is 464. The van der Waals surface area contributed by atoms with Gasteiger partial charge in [0.15, 0.2) is 0 Å². The van der Waals surface area contributed by atoms with Crippen LogP contribution in [0.15, 0.2) is 34.9 Å². The Kier molecular flexibility index (Phi) is 7.64. The molecule has 0 spiro atoms. The van der Waals surface area contributed by atoms with Gasteiger partial charge in [0.05, 0.1) is 5.92 Å². The third-order valence-electron chi connectivity index (χ3n) is 4.87. The maximum Gasteiger partial charge on any atom is 0.310 e. The lowest BCUT2D eigenvalue weighted by molar-refractivity contribution is -0.142. The van der Waals surface area contributed by atoms with Gasteiger partial charge in [0.25, 0.3) is 0 Å². The zero-order valence-electron chi connectivity index (χ0n) is 14.9. The second-order valence-corrected chi connectivity index (χ2v) is 7.09. The van der Waals surface area contributed by atoms with E-state index in [-0.39, 0.29) is 11.8 Å². The molecule has 0 saturated heterocycles. The number of hydrogen-bond acceptors (Lipinski definition) is 1. The van der Waals surface area contributed by atoms with Gasteiger partial charge in [0.2, 0.25) is 0 Å². The predicted octanol–water partition coefficient (Wildman–Crippen LogP) is 5.76. The van der Waals surface area contributed by atoms with Crippen LogP contribution in [0.25, 0.3) is 0 Å². The van der Waals surface area contributed by atoms with Crippen molar-refractivity contribution in [2.24, 2.45) is 17.8 Å². The molecule has 1 N–H and O–H groups in total. The Morgan fingerprint density at radius 2 is 2.05 bits per heavy atom. The maximum absolute atomic E-state index is 11.9. The van der Waals surface area contributed by atoms with Crippen LogP contribution in [-0.2, 0) is 4.79 Å². The molecule has 0 saturated carbocycles. The minimum absolute atomic E-state index is 0.223. The van der Waals surface area contributed by atoms with E-state index in [4.69, 9.17) is 0 Å². The van der Waals surface area contributed by atoms with Crippen molar-refractivity contribution in [3.05, 3.63) is 34.9 Å². The monoisotopic (exact) mass is 304 g/mol. The molecule has 1 rings (SSSR count). The van der Waals surface area contributed by atoms with Gasteiger partial charge in [-0.05, 0) is 71.6 Å². The van der Waals surface area contributed by atoms with Gasteiger partial charge in [-0.2, -0.15) is 0 Å². The van der Waals surface area contributed by atoms with E-state index in [1.54, 1.807) is 0 Å². The van der Waals surface area contributed by atoms with Crippen LogP contribution in [0.2, 0.25) is 0 Å². The zero-order valence-corrected chi connectivity index (χ0v) is 14.9. The molecule has 0 radical (unpaired) electrons. The first-order valence-corrected chi connectivity index (χ1v) is 8.51. The minimum atomic E-state index is -0.660. The lowest BCUT2D eigenvalue weighted by Gasteiger charge is -2.30. The van der Waals surface area contributed by atoms with Crippen LogP contribution < -0.4 is 0 Å². The number of carboxylic acid groups (broad SMARTS) is 1. The molecule has 0 unspecified atom stereocenters. The van der Waals surface area contributed by atoms with Crippen LogP contribution in [0.1, 0.15) is 66.7 Å². The van der Waals surface area contributed by atoms with Crippen molar-refractivity contribution in [1.82, 2.24) is 0 Å². The Labute approximate surface area is 136 Å². The van der Waals surface area contributed by atoms with Crippen molar-refractivity contribution in [3.63, 3.8) is 0 Å². The molecule has 0 fully saturated rings. The molecule has 3 atom stereocenters. The highest BCUT2D eigenvalue weighted by atomic mass is 16.4. The quantitative estimate of drug-likeness (QED) is 0.655. The maximum atomic E-state index is 11.9. The molecule has 2 heteroatoms. The summed E-state index contributed by atoms with van der Waals surface area (Å²) in [5, 5.41) is 9.75.